The molecule has 0 atom stereocenters. The largest absolute Gasteiger partial charge is 0.380 e. The van der Waals surface area contributed by atoms with Gasteiger partial charge >= 0.3 is 0 Å². The molecule has 2 aromatic carbocycles. The number of hydrogen-bond donors (Lipinski definition) is 0. The Labute approximate surface area is 187 Å². The Morgan fingerprint density at radius 3 is 2.48 bits per heavy atom. The Bertz CT molecular complexity index is 1240. The SMILES string of the molecule is CCOCCn1c(=NC(=O)Cc2ccc(C(C)C)cc2)sc2cc(S(C)(=O)=O)ccc21. The van der Waals surface area contributed by atoms with Crippen LogP contribution in [0.15, 0.2) is 52.4 Å². The Hall–Kier alpha value is -2.29. The van der Waals surface area contributed by atoms with Crippen LogP contribution >= 0.6 is 11.3 Å². The maximum Gasteiger partial charge on any atom is 0.252 e. The number of amides is 1. The maximum absolute atomic E-state index is 12.7. The highest BCUT2D eigenvalue weighted by atomic mass is 32.2. The number of fused-ring (bicyclic) bond motifs is 1. The quantitative estimate of drug-likeness (QED) is 0.477. The number of thiazole rings is 1. The summed E-state index contributed by atoms with van der Waals surface area (Å²) >= 11 is 1.31. The smallest absolute Gasteiger partial charge is 0.252 e. The number of sulfone groups is 1. The van der Waals surface area contributed by atoms with E-state index < -0.39 is 9.84 Å². The van der Waals surface area contributed by atoms with Gasteiger partial charge in [-0.1, -0.05) is 49.4 Å². The third kappa shape index (κ3) is 5.90. The van der Waals surface area contributed by atoms with Gasteiger partial charge in [-0.05, 0) is 42.2 Å². The highest BCUT2D eigenvalue weighted by molar-refractivity contribution is 7.90. The van der Waals surface area contributed by atoms with Crippen LogP contribution in [-0.4, -0.2) is 38.4 Å². The number of hydrogen-bond acceptors (Lipinski definition) is 5. The molecule has 0 radical (unpaired) electrons. The molecule has 0 N–H and O–H groups in total. The fourth-order valence-corrected chi connectivity index (χ4v) is 5.06. The van der Waals surface area contributed by atoms with Crippen LogP contribution in [-0.2, 0) is 32.3 Å². The first-order valence-corrected chi connectivity index (χ1v) is 13.0. The minimum Gasteiger partial charge on any atom is -0.380 e. The minimum absolute atomic E-state index is 0.215. The maximum atomic E-state index is 12.7. The van der Waals surface area contributed by atoms with Crippen molar-refractivity contribution >= 4 is 37.3 Å². The van der Waals surface area contributed by atoms with Crippen molar-refractivity contribution < 1.29 is 17.9 Å². The average molecular weight is 461 g/mol. The number of carbonyl (C=O) groups is 1. The van der Waals surface area contributed by atoms with Gasteiger partial charge in [0, 0.05) is 19.4 Å². The summed E-state index contributed by atoms with van der Waals surface area (Å²) in [4.78, 5) is 17.8. The van der Waals surface area contributed by atoms with E-state index in [4.69, 9.17) is 4.74 Å². The van der Waals surface area contributed by atoms with Gasteiger partial charge in [0.15, 0.2) is 14.6 Å². The predicted octanol–water partition coefficient (Wildman–Crippen LogP) is 3.94. The lowest BCUT2D eigenvalue weighted by atomic mass is 10.0. The summed E-state index contributed by atoms with van der Waals surface area (Å²) in [6.07, 6.45) is 1.40. The molecule has 8 heteroatoms. The van der Waals surface area contributed by atoms with Crippen molar-refractivity contribution in [1.29, 1.82) is 0 Å². The van der Waals surface area contributed by atoms with Crippen molar-refractivity contribution in [2.24, 2.45) is 4.99 Å². The van der Waals surface area contributed by atoms with Crippen molar-refractivity contribution in [1.82, 2.24) is 4.57 Å². The zero-order chi connectivity index (χ0) is 22.6. The molecule has 0 aliphatic heterocycles. The summed E-state index contributed by atoms with van der Waals surface area (Å²) in [5, 5.41) is 0. The van der Waals surface area contributed by atoms with Gasteiger partial charge in [-0.3, -0.25) is 4.79 Å². The Kier molecular flexibility index (Phi) is 7.46. The lowest BCUT2D eigenvalue weighted by Crippen LogP contribution is -2.20. The lowest BCUT2D eigenvalue weighted by Gasteiger charge is -2.06. The molecule has 0 saturated carbocycles. The summed E-state index contributed by atoms with van der Waals surface area (Å²) in [5.41, 5.74) is 2.98. The Morgan fingerprint density at radius 2 is 1.87 bits per heavy atom. The van der Waals surface area contributed by atoms with Gasteiger partial charge in [0.25, 0.3) is 5.91 Å². The van der Waals surface area contributed by atoms with Crippen molar-refractivity contribution in [3.63, 3.8) is 0 Å². The van der Waals surface area contributed by atoms with Crippen LogP contribution in [0.2, 0.25) is 0 Å². The van der Waals surface area contributed by atoms with E-state index in [-0.39, 0.29) is 17.2 Å². The lowest BCUT2D eigenvalue weighted by molar-refractivity contribution is -0.117. The van der Waals surface area contributed by atoms with Gasteiger partial charge in [0.1, 0.15) is 0 Å². The molecule has 0 spiro atoms. The number of ether oxygens (including phenoxy) is 1. The molecular formula is C23H28N2O4S2. The molecule has 1 amide bonds. The molecule has 1 heterocycles. The molecule has 3 aromatic rings. The van der Waals surface area contributed by atoms with Crippen LogP contribution < -0.4 is 4.80 Å². The number of aromatic nitrogens is 1. The number of carbonyl (C=O) groups excluding carboxylic acids is 1. The van der Waals surface area contributed by atoms with Gasteiger partial charge in [-0.2, -0.15) is 4.99 Å². The van der Waals surface area contributed by atoms with E-state index in [9.17, 15) is 13.2 Å². The highest BCUT2D eigenvalue weighted by Gasteiger charge is 2.13. The molecule has 0 bridgehead atoms. The second kappa shape index (κ2) is 9.89. The highest BCUT2D eigenvalue weighted by Crippen LogP contribution is 2.22. The molecule has 0 unspecified atom stereocenters. The van der Waals surface area contributed by atoms with Gasteiger partial charge in [-0.25, -0.2) is 8.42 Å². The standard InChI is InChI=1S/C23H28N2O4S2/c1-5-29-13-12-25-20-11-10-19(31(4,27)28)15-21(20)30-23(25)24-22(26)14-17-6-8-18(9-7-17)16(2)3/h6-11,15-16H,5,12-14H2,1-4H3. The molecule has 3 rings (SSSR count). The average Bonchev–Trinajstić information content (AvgIpc) is 3.04. The van der Waals surface area contributed by atoms with Crippen molar-refractivity contribution in [2.45, 2.75) is 44.6 Å². The van der Waals surface area contributed by atoms with Crippen LogP contribution in [0.1, 0.15) is 37.8 Å². The van der Waals surface area contributed by atoms with Gasteiger partial charge in [0.05, 0.1) is 28.1 Å². The first-order valence-electron chi connectivity index (χ1n) is 10.3. The van der Waals surface area contributed by atoms with Gasteiger partial charge in [0.2, 0.25) is 0 Å². The van der Waals surface area contributed by atoms with Crippen LogP contribution in [0, 0.1) is 0 Å². The van der Waals surface area contributed by atoms with E-state index in [0.717, 1.165) is 15.8 Å². The van der Waals surface area contributed by atoms with E-state index in [1.54, 1.807) is 18.2 Å². The summed E-state index contributed by atoms with van der Waals surface area (Å²) in [7, 11) is -3.32. The summed E-state index contributed by atoms with van der Waals surface area (Å²) in [6, 6.07) is 13.0. The van der Waals surface area contributed by atoms with Crippen LogP contribution in [0.25, 0.3) is 10.2 Å². The van der Waals surface area contributed by atoms with Crippen LogP contribution in [0.5, 0.6) is 0 Å². The Morgan fingerprint density at radius 1 is 1.16 bits per heavy atom. The van der Waals surface area contributed by atoms with E-state index in [1.165, 1.54) is 23.2 Å². The van der Waals surface area contributed by atoms with Gasteiger partial charge in [-0.15, -0.1) is 0 Å². The molecule has 31 heavy (non-hydrogen) atoms. The fraction of sp³-hybridized carbons (Fsp3) is 0.391. The third-order valence-corrected chi connectivity index (χ3v) is 7.12. The normalized spacial score (nSPS) is 12.7. The fourth-order valence-electron chi connectivity index (χ4n) is 3.23. The first kappa shape index (κ1) is 23.4. The van der Waals surface area contributed by atoms with E-state index in [1.807, 2.05) is 35.8 Å². The monoisotopic (exact) mass is 460 g/mol. The first-order chi connectivity index (χ1) is 14.7. The summed E-state index contributed by atoms with van der Waals surface area (Å²) in [5.74, 6) is 0.200. The molecule has 0 aliphatic carbocycles. The number of rotatable bonds is 8. The topological polar surface area (TPSA) is 77.7 Å². The molecule has 0 fully saturated rings. The van der Waals surface area contributed by atoms with Crippen LogP contribution in [0.4, 0.5) is 0 Å². The van der Waals surface area contributed by atoms with E-state index in [0.29, 0.717) is 30.5 Å². The minimum atomic E-state index is -3.32. The molecule has 166 valence electrons. The molecule has 0 saturated heterocycles. The molecule has 6 nitrogen and oxygen atoms in total. The van der Waals surface area contributed by atoms with Crippen molar-refractivity contribution in [3.05, 3.63) is 58.4 Å². The molecular weight excluding hydrogens is 432 g/mol. The number of benzene rings is 2. The van der Waals surface area contributed by atoms with E-state index in [2.05, 4.69) is 18.8 Å². The predicted molar refractivity (Wildman–Crippen MR) is 124 cm³/mol. The molecule has 1 aromatic heterocycles. The van der Waals surface area contributed by atoms with E-state index >= 15 is 0 Å². The third-order valence-electron chi connectivity index (χ3n) is 4.97. The molecule has 0 aliphatic rings. The van der Waals surface area contributed by atoms with Crippen molar-refractivity contribution in [3.8, 4) is 0 Å². The summed E-state index contributed by atoms with van der Waals surface area (Å²) in [6.45, 7) is 7.79. The van der Waals surface area contributed by atoms with Crippen molar-refractivity contribution in [2.75, 3.05) is 19.5 Å². The van der Waals surface area contributed by atoms with Gasteiger partial charge < -0.3 is 9.30 Å². The second-order valence-corrected chi connectivity index (χ2v) is 10.7. The zero-order valence-corrected chi connectivity index (χ0v) is 19.9. The van der Waals surface area contributed by atoms with Crippen LogP contribution in [0.3, 0.4) is 0 Å². The number of nitrogens with zero attached hydrogens (tertiary/aromatic N) is 2. The Balaban J connectivity index is 1.96. The zero-order valence-electron chi connectivity index (χ0n) is 18.3. The second-order valence-electron chi connectivity index (χ2n) is 7.71. The summed E-state index contributed by atoms with van der Waals surface area (Å²) < 4.78 is 32.0.